The van der Waals surface area contributed by atoms with E-state index in [4.69, 9.17) is 9.47 Å². The molecule has 0 aliphatic rings. The summed E-state index contributed by atoms with van der Waals surface area (Å²) >= 11 is 0. The average molecular weight is 282 g/mol. The fourth-order valence-electron chi connectivity index (χ4n) is 1.95. The molecular weight excluding hydrogens is 264 g/mol. The largest absolute Gasteiger partial charge is 0.496 e. The molecule has 2 aromatic carbocycles. The lowest BCUT2D eigenvalue weighted by atomic mass is 10.1. The maximum Gasteiger partial charge on any atom is 0.185 e. The highest BCUT2D eigenvalue weighted by atomic mass is 16.5. The van der Waals surface area contributed by atoms with Crippen LogP contribution in [-0.2, 0) is 0 Å². The van der Waals surface area contributed by atoms with Gasteiger partial charge in [0.1, 0.15) is 11.5 Å². The molecule has 0 heterocycles. The Morgan fingerprint density at radius 2 is 1.81 bits per heavy atom. The lowest BCUT2D eigenvalue weighted by molar-refractivity contribution is 0.104. The Kier molecular flexibility index (Phi) is 5.16. The zero-order chi connectivity index (χ0) is 15.1. The fraction of sp³-hybridized carbons (Fsp3) is 0.167. The van der Waals surface area contributed by atoms with Crippen molar-refractivity contribution in [3.8, 4) is 11.5 Å². The van der Waals surface area contributed by atoms with Gasteiger partial charge in [-0.15, -0.1) is 0 Å². The first-order chi connectivity index (χ1) is 10.2. The van der Waals surface area contributed by atoms with E-state index < -0.39 is 0 Å². The van der Waals surface area contributed by atoms with Gasteiger partial charge in [0.15, 0.2) is 5.78 Å². The standard InChI is InChI=1S/C18H18O3/c1-3-21-16-11-8-14(9-12-16)17(19)13-10-15-6-4-5-7-18(15)20-2/h4-13H,3H2,1-2H3. The van der Waals surface area contributed by atoms with Crippen molar-refractivity contribution in [3.63, 3.8) is 0 Å². The monoisotopic (exact) mass is 282 g/mol. The van der Waals surface area contributed by atoms with Gasteiger partial charge in [-0.05, 0) is 49.4 Å². The van der Waals surface area contributed by atoms with Gasteiger partial charge in [-0.2, -0.15) is 0 Å². The second-order valence-corrected chi connectivity index (χ2v) is 4.40. The van der Waals surface area contributed by atoms with Crippen molar-refractivity contribution in [2.24, 2.45) is 0 Å². The summed E-state index contributed by atoms with van der Waals surface area (Å²) in [6.45, 7) is 2.54. The molecule has 0 bridgehead atoms. The highest BCUT2D eigenvalue weighted by Gasteiger charge is 2.03. The summed E-state index contributed by atoms with van der Waals surface area (Å²) in [5, 5.41) is 0. The van der Waals surface area contributed by atoms with Gasteiger partial charge in [-0.25, -0.2) is 0 Å². The van der Waals surface area contributed by atoms with Crippen molar-refractivity contribution in [1.82, 2.24) is 0 Å². The Hall–Kier alpha value is -2.55. The van der Waals surface area contributed by atoms with Gasteiger partial charge in [0.25, 0.3) is 0 Å². The maximum atomic E-state index is 12.1. The lowest BCUT2D eigenvalue weighted by Crippen LogP contribution is -1.96. The predicted molar refractivity (Wildman–Crippen MR) is 84.0 cm³/mol. The third-order valence-corrected chi connectivity index (χ3v) is 3.00. The molecule has 0 amide bonds. The van der Waals surface area contributed by atoms with E-state index in [0.717, 1.165) is 17.1 Å². The molecule has 108 valence electrons. The van der Waals surface area contributed by atoms with Crippen molar-refractivity contribution < 1.29 is 14.3 Å². The van der Waals surface area contributed by atoms with Crippen LogP contribution in [0.1, 0.15) is 22.8 Å². The van der Waals surface area contributed by atoms with E-state index >= 15 is 0 Å². The summed E-state index contributed by atoms with van der Waals surface area (Å²) in [6, 6.07) is 14.7. The van der Waals surface area contributed by atoms with Crippen molar-refractivity contribution in [2.45, 2.75) is 6.92 Å². The van der Waals surface area contributed by atoms with Crippen LogP contribution in [0.2, 0.25) is 0 Å². The van der Waals surface area contributed by atoms with Gasteiger partial charge < -0.3 is 9.47 Å². The zero-order valence-corrected chi connectivity index (χ0v) is 12.2. The third-order valence-electron chi connectivity index (χ3n) is 3.00. The first-order valence-corrected chi connectivity index (χ1v) is 6.83. The van der Waals surface area contributed by atoms with E-state index in [1.807, 2.05) is 31.2 Å². The van der Waals surface area contributed by atoms with Gasteiger partial charge in [0.2, 0.25) is 0 Å². The topological polar surface area (TPSA) is 35.5 Å². The van der Waals surface area contributed by atoms with Crippen LogP contribution in [0.5, 0.6) is 11.5 Å². The Morgan fingerprint density at radius 1 is 1.10 bits per heavy atom. The van der Waals surface area contributed by atoms with Gasteiger partial charge in [0, 0.05) is 11.1 Å². The molecule has 0 saturated carbocycles. The van der Waals surface area contributed by atoms with E-state index in [1.165, 1.54) is 0 Å². The molecule has 0 unspecified atom stereocenters. The molecule has 0 aliphatic carbocycles. The predicted octanol–water partition coefficient (Wildman–Crippen LogP) is 3.99. The van der Waals surface area contributed by atoms with Crippen LogP contribution >= 0.6 is 0 Å². The summed E-state index contributed by atoms with van der Waals surface area (Å²) in [5.74, 6) is 1.46. The van der Waals surface area contributed by atoms with Gasteiger partial charge in [-0.1, -0.05) is 18.2 Å². The molecule has 21 heavy (non-hydrogen) atoms. The highest BCUT2D eigenvalue weighted by Crippen LogP contribution is 2.19. The molecule has 3 heteroatoms. The number of carbonyl (C=O) groups is 1. The number of hydrogen-bond donors (Lipinski definition) is 0. The Balaban J connectivity index is 2.11. The summed E-state index contributed by atoms with van der Waals surface area (Å²) < 4.78 is 10.6. The van der Waals surface area contributed by atoms with E-state index in [2.05, 4.69) is 0 Å². The number of carbonyl (C=O) groups excluding carboxylic acids is 1. The molecule has 0 fully saturated rings. The van der Waals surface area contributed by atoms with Crippen LogP contribution in [0.4, 0.5) is 0 Å². The summed E-state index contributed by atoms with van der Waals surface area (Å²) in [6.07, 6.45) is 3.31. The molecular formula is C18H18O3. The number of para-hydroxylation sites is 1. The number of hydrogen-bond acceptors (Lipinski definition) is 3. The Bertz CT molecular complexity index is 627. The number of allylic oxidation sites excluding steroid dienone is 1. The fourth-order valence-corrected chi connectivity index (χ4v) is 1.95. The lowest BCUT2D eigenvalue weighted by Gasteiger charge is -2.04. The summed E-state index contributed by atoms with van der Waals surface area (Å²) in [5.41, 5.74) is 1.50. The molecule has 2 aromatic rings. The van der Waals surface area contributed by atoms with Crippen molar-refractivity contribution >= 4 is 11.9 Å². The van der Waals surface area contributed by atoms with Gasteiger partial charge in [0.05, 0.1) is 13.7 Å². The molecule has 0 aromatic heterocycles. The minimum Gasteiger partial charge on any atom is -0.496 e. The molecule has 0 aliphatic heterocycles. The van der Waals surface area contributed by atoms with E-state index in [1.54, 1.807) is 43.5 Å². The van der Waals surface area contributed by atoms with Crippen molar-refractivity contribution in [3.05, 3.63) is 65.7 Å². The molecule has 0 atom stereocenters. The van der Waals surface area contributed by atoms with Crippen LogP contribution in [0, 0.1) is 0 Å². The summed E-state index contributed by atoms with van der Waals surface area (Å²) in [7, 11) is 1.61. The molecule has 3 nitrogen and oxygen atoms in total. The van der Waals surface area contributed by atoms with Crippen LogP contribution in [0.25, 0.3) is 6.08 Å². The minimum atomic E-state index is -0.0519. The number of ether oxygens (including phenoxy) is 2. The molecule has 2 rings (SSSR count). The second kappa shape index (κ2) is 7.29. The second-order valence-electron chi connectivity index (χ2n) is 4.40. The summed E-state index contributed by atoms with van der Waals surface area (Å²) in [4.78, 5) is 12.1. The Morgan fingerprint density at radius 3 is 2.48 bits per heavy atom. The molecule has 0 radical (unpaired) electrons. The SMILES string of the molecule is CCOc1ccc(C(=O)C=Cc2ccccc2OC)cc1. The minimum absolute atomic E-state index is 0.0519. The van der Waals surface area contributed by atoms with Gasteiger partial charge in [-0.3, -0.25) is 4.79 Å². The van der Waals surface area contributed by atoms with E-state index in [-0.39, 0.29) is 5.78 Å². The number of rotatable bonds is 6. The Labute approximate surface area is 124 Å². The average Bonchev–Trinajstić information content (AvgIpc) is 2.54. The first-order valence-electron chi connectivity index (χ1n) is 6.83. The normalized spacial score (nSPS) is 10.6. The number of ketones is 1. The van der Waals surface area contributed by atoms with Crippen molar-refractivity contribution in [1.29, 1.82) is 0 Å². The first kappa shape index (κ1) is 14.9. The smallest absolute Gasteiger partial charge is 0.185 e. The molecule has 0 N–H and O–H groups in total. The van der Waals surface area contributed by atoms with Crippen molar-refractivity contribution in [2.75, 3.05) is 13.7 Å². The van der Waals surface area contributed by atoms with Gasteiger partial charge >= 0.3 is 0 Å². The number of methoxy groups -OCH3 is 1. The van der Waals surface area contributed by atoms with E-state index in [9.17, 15) is 4.79 Å². The quantitative estimate of drug-likeness (QED) is 0.593. The van der Waals surface area contributed by atoms with E-state index in [0.29, 0.717) is 12.2 Å². The van der Waals surface area contributed by atoms with Crippen LogP contribution < -0.4 is 9.47 Å². The molecule has 0 spiro atoms. The maximum absolute atomic E-state index is 12.1. The van der Waals surface area contributed by atoms with Crippen LogP contribution in [-0.4, -0.2) is 19.5 Å². The number of benzene rings is 2. The van der Waals surface area contributed by atoms with Crippen LogP contribution in [0.15, 0.2) is 54.6 Å². The highest BCUT2D eigenvalue weighted by molar-refractivity contribution is 6.07. The third kappa shape index (κ3) is 3.96. The van der Waals surface area contributed by atoms with Crippen LogP contribution in [0.3, 0.4) is 0 Å². The molecule has 0 saturated heterocycles. The zero-order valence-electron chi connectivity index (χ0n) is 12.2.